The van der Waals surface area contributed by atoms with Crippen molar-refractivity contribution in [1.29, 1.82) is 0 Å². The van der Waals surface area contributed by atoms with Crippen molar-refractivity contribution in [3.8, 4) is 0 Å². The second kappa shape index (κ2) is 5.93. The lowest BCUT2D eigenvalue weighted by molar-refractivity contribution is -0.384. The molecule has 0 saturated carbocycles. The highest BCUT2D eigenvalue weighted by Gasteiger charge is 2.07. The van der Waals surface area contributed by atoms with Gasteiger partial charge in [-0.25, -0.2) is 0 Å². The monoisotopic (exact) mass is 296 g/mol. The molecule has 0 aliphatic carbocycles. The van der Waals surface area contributed by atoms with Gasteiger partial charge in [-0.15, -0.1) is 11.8 Å². The van der Waals surface area contributed by atoms with Gasteiger partial charge in [-0.2, -0.15) is 0 Å². The standard InChI is InChI=1S/C16H12N2O2S/c19-18(20)13-5-3-4-12(10-13)11-21-16-8-9-17-15-7-2-1-6-14(15)16/h1-10H,11H2. The first-order chi connectivity index (χ1) is 10.2. The van der Waals surface area contributed by atoms with Crippen molar-refractivity contribution >= 4 is 28.4 Å². The van der Waals surface area contributed by atoms with Crippen LogP contribution in [0.25, 0.3) is 10.9 Å². The molecule has 104 valence electrons. The smallest absolute Gasteiger partial charge is 0.258 e. The third-order valence-electron chi connectivity index (χ3n) is 3.12. The number of non-ortho nitro benzene ring substituents is 1. The van der Waals surface area contributed by atoms with Gasteiger partial charge < -0.3 is 0 Å². The normalized spacial score (nSPS) is 10.7. The highest BCUT2D eigenvalue weighted by atomic mass is 32.2. The third kappa shape index (κ3) is 3.03. The van der Waals surface area contributed by atoms with Gasteiger partial charge in [-0.05, 0) is 17.7 Å². The van der Waals surface area contributed by atoms with Gasteiger partial charge in [0.25, 0.3) is 5.69 Å². The number of nitrogens with zero attached hydrogens (tertiary/aromatic N) is 2. The fourth-order valence-corrected chi connectivity index (χ4v) is 3.10. The predicted molar refractivity (Wildman–Crippen MR) is 84.4 cm³/mol. The minimum absolute atomic E-state index is 0.132. The van der Waals surface area contributed by atoms with Crippen molar-refractivity contribution < 1.29 is 4.92 Å². The van der Waals surface area contributed by atoms with Crippen LogP contribution in [0.4, 0.5) is 5.69 Å². The topological polar surface area (TPSA) is 56.0 Å². The van der Waals surface area contributed by atoms with E-state index in [0.717, 1.165) is 21.4 Å². The molecule has 0 unspecified atom stereocenters. The van der Waals surface area contributed by atoms with E-state index < -0.39 is 0 Å². The summed E-state index contributed by atoms with van der Waals surface area (Å²) >= 11 is 1.66. The molecule has 0 amide bonds. The van der Waals surface area contributed by atoms with Crippen LogP contribution in [0.3, 0.4) is 0 Å². The van der Waals surface area contributed by atoms with Gasteiger partial charge in [0.1, 0.15) is 0 Å². The first-order valence-corrected chi connectivity index (χ1v) is 7.42. The molecule has 0 atom stereocenters. The second-order valence-corrected chi connectivity index (χ2v) is 5.56. The highest BCUT2D eigenvalue weighted by Crippen LogP contribution is 2.29. The largest absolute Gasteiger partial charge is 0.269 e. The van der Waals surface area contributed by atoms with Crippen LogP contribution in [0.5, 0.6) is 0 Å². The van der Waals surface area contributed by atoms with Gasteiger partial charge in [-0.1, -0.05) is 30.3 Å². The van der Waals surface area contributed by atoms with Crippen molar-refractivity contribution in [2.45, 2.75) is 10.6 Å². The highest BCUT2D eigenvalue weighted by molar-refractivity contribution is 7.98. The number of hydrogen-bond donors (Lipinski definition) is 0. The number of aromatic nitrogens is 1. The number of nitro benzene ring substituents is 1. The van der Waals surface area contributed by atoms with Crippen molar-refractivity contribution in [2.75, 3.05) is 0 Å². The van der Waals surface area contributed by atoms with Gasteiger partial charge >= 0.3 is 0 Å². The molecule has 0 saturated heterocycles. The predicted octanol–water partition coefficient (Wildman–Crippen LogP) is 4.44. The Hall–Kier alpha value is -2.40. The lowest BCUT2D eigenvalue weighted by atomic mass is 10.2. The molecule has 4 nitrogen and oxygen atoms in total. The van der Waals surface area contributed by atoms with Gasteiger partial charge in [-0.3, -0.25) is 15.1 Å². The zero-order valence-corrected chi connectivity index (χ0v) is 11.9. The van der Waals surface area contributed by atoms with E-state index in [1.807, 2.05) is 36.4 Å². The summed E-state index contributed by atoms with van der Waals surface area (Å²) in [4.78, 5) is 15.9. The van der Waals surface area contributed by atoms with Crippen molar-refractivity contribution in [3.05, 3.63) is 76.5 Å². The summed E-state index contributed by atoms with van der Waals surface area (Å²) < 4.78 is 0. The molecule has 2 aromatic carbocycles. The van der Waals surface area contributed by atoms with Crippen LogP contribution in [-0.4, -0.2) is 9.91 Å². The van der Waals surface area contributed by atoms with Crippen LogP contribution in [-0.2, 0) is 5.75 Å². The molecule has 0 bridgehead atoms. The number of nitro groups is 1. The zero-order chi connectivity index (χ0) is 14.7. The zero-order valence-electron chi connectivity index (χ0n) is 11.1. The van der Waals surface area contributed by atoms with E-state index >= 15 is 0 Å². The lowest BCUT2D eigenvalue weighted by Crippen LogP contribution is -1.89. The van der Waals surface area contributed by atoms with Crippen LogP contribution in [0, 0.1) is 10.1 Å². The summed E-state index contributed by atoms with van der Waals surface area (Å²) in [6.07, 6.45) is 1.79. The molecule has 0 spiro atoms. The molecule has 0 fully saturated rings. The summed E-state index contributed by atoms with van der Waals surface area (Å²) in [5.41, 5.74) is 2.03. The Labute approximate surface area is 126 Å². The maximum Gasteiger partial charge on any atom is 0.269 e. The summed E-state index contributed by atoms with van der Waals surface area (Å²) in [6, 6.07) is 16.7. The molecule has 5 heteroatoms. The average molecular weight is 296 g/mol. The van der Waals surface area contributed by atoms with E-state index in [0.29, 0.717) is 5.75 Å². The minimum Gasteiger partial charge on any atom is -0.258 e. The van der Waals surface area contributed by atoms with Gasteiger partial charge in [0, 0.05) is 34.4 Å². The van der Waals surface area contributed by atoms with Crippen molar-refractivity contribution in [2.24, 2.45) is 0 Å². The van der Waals surface area contributed by atoms with Crippen LogP contribution in [0.15, 0.2) is 65.7 Å². The minimum atomic E-state index is -0.365. The Balaban J connectivity index is 1.84. The Morgan fingerprint density at radius 3 is 2.81 bits per heavy atom. The van der Waals surface area contributed by atoms with Crippen LogP contribution >= 0.6 is 11.8 Å². The van der Waals surface area contributed by atoms with E-state index in [9.17, 15) is 10.1 Å². The van der Waals surface area contributed by atoms with Crippen LogP contribution in [0.1, 0.15) is 5.56 Å². The van der Waals surface area contributed by atoms with E-state index in [-0.39, 0.29) is 10.6 Å². The number of hydrogen-bond acceptors (Lipinski definition) is 4. The Morgan fingerprint density at radius 2 is 1.95 bits per heavy atom. The van der Waals surface area contributed by atoms with Gasteiger partial charge in [0.05, 0.1) is 10.4 Å². The number of benzene rings is 2. The lowest BCUT2D eigenvalue weighted by Gasteiger charge is -2.05. The molecule has 0 aliphatic heterocycles. The summed E-state index contributed by atoms with van der Waals surface area (Å²) in [5.74, 6) is 0.690. The number of thioether (sulfide) groups is 1. The van der Waals surface area contributed by atoms with E-state index in [4.69, 9.17) is 0 Å². The maximum atomic E-state index is 10.8. The van der Waals surface area contributed by atoms with Crippen LogP contribution in [0.2, 0.25) is 0 Å². The molecule has 3 aromatic rings. The molecule has 1 heterocycles. The van der Waals surface area contributed by atoms with E-state index in [2.05, 4.69) is 4.98 Å². The van der Waals surface area contributed by atoms with Gasteiger partial charge in [0.2, 0.25) is 0 Å². The fraction of sp³-hybridized carbons (Fsp3) is 0.0625. The number of para-hydroxylation sites is 1. The second-order valence-electron chi connectivity index (χ2n) is 4.54. The molecular formula is C16H12N2O2S. The molecular weight excluding hydrogens is 284 g/mol. The summed E-state index contributed by atoms with van der Waals surface area (Å²) in [7, 11) is 0. The first kappa shape index (κ1) is 13.6. The molecule has 3 rings (SSSR count). The Kier molecular flexibility index (Phi) is 3.83. The average Bonchev–Trinajstić information content (AvgIpc) is 2.53. The van der Waals surface area contributed by atoms with E-state index in [1.165, 1.54) is 6.07 Å². The fourth-order valence-electron chi connectivity index (χ4n) is 2.12. The molecule has 0 N–H and O–H groups in total. The molecule has 21 heavy (non-hydrogen) atoms. The summed E-state index contributed by atoms with van der Waals surface area (Å²) in [6.45, 7) is 0. The molecule has 0 aliphatic rings. The number of rotatable bonds is 4. The SMILES string of the molecule is O=[N+]([O-])c1cccc(CSc2ccnc3ccccc23)c1. The van der Waals surface area contributed by atoms with Gasteiger partial charge in [0.15, 0.2) is 0 Å². The molecule has 0 radical (unpaired) electrons. The Morgan fingerprint density at radius 1 is 1.10 bits per heavy atom. The number of fused-ring (bicyclic) bond motifs is 1. The maximum absolute atomic E-state index is 10.8. The van der Waals surface area contributed by atoms with Crippen molar-refractivity contribution in [1.82, 2.24) is 4.98 Å². The van der Waals surface area contributed by atoms with Crippen molar-refractivity contribution in [3.63, 3.8) is 0 Å². The summed E-state index contributed by atoms with van der Waals surface area (Å²) in [5, 5.41) is 11.9. The first-order valence-electron chi connectivity index (χ1n) is 6.44. The molecule has 1 aromatic heterocycles. The van der Waals surface area contributed by atoms with Crippen LogP contribution < -0.4 is 0 Å². The Bertz CT molecular complexity index is 800. The quantitative estimate of drug-likeness (QED) is 0.406. The third-order valence-corrected chi connectivity index (χ3v) is 4.27. The van der Waals surface area contributed by atoms with E-state index in [1.54, 1.807) is 30.1 Å². The number of pyridine rings is 1.